The Morgan fingerprint density at radius 3 is 3.24 bits per heavy atom. The van der Waals surface area contributed by atoms with Gasteiger partial charge in [0.25, 0.3) is 5.56 Å². The molecule has 0 saturated carbocycles. The van der Waals surface area contributed by atoms with Crippen LogP contribution in [0.1, 0.15) is 12.8 Å². The molecule has 1 unspecified atom stereocenters. The van der Waals surface area contributed by atoms with Crippen molar-refractivity contribution in [2.24, 2.45) is 0 Å². The number of rotatable bonds is 5. The molecule has 1 saturated heterocycles. The van der Waals surface area contributed by atoms with Gasteiger partial charge in [-0.2, -0.15) is 5.10 Å². The summed E-state index contributed by atoms with van der Waals surface area (Å²) in [5, 5.41) is 4.10. The molecule has 0 amide bonds. The average Bonchev–Trinajstić information content (AvgIpc) is 2.77. The van der Waals surface area contributed by atoms with Crippen molar-refractivity contribution < 1.29 is 4.74 Å². The second kappa shape index (κ2) is 5.93. The fourth-order valence-electron chi connectivity index (χ4n) is 2.33. The Balaban J connectivity index is 1.98. The van der Waals surface area contributed by atoms with E-state index in [0.717, 1.165) is 26.1 Å². The Bertz CT molecular complexity index is 405. The van der Waals surface area contributed by atoms with Gasteiger partial charge in [-0.1, -0.05) is 0 Å². The lowest BCUT2D eigenvalue weighted by atomic mass is 10.2. The van der Waals surface area contributed by atoms with E-state index in [0.29, 0.717) is 12.6 Å². The summed E-state index contributed by atoms with van der Waals surface area (Å²) < 4.78 is 6.65. The van der Waals surface area contributed by atoms with Crippen LogP contribution in [0, 0.1) is 0 Å². The molecule has 0 N–H and O–H groups in total. The maximum atomic E-state index is 11.6. The molecule has 0 spiro atoms. The Labute approximate surface area is 101 Å². The minimum Gasteiger partial charge on any atom is -0.383 e. The number of methoxy groups -OCH3 is 1. The van der Waals surface area contributed by atoms with Gasteiger partial charge in [-0.3, -0.25) is 9.69 Å². The van der Waals surface area contributed by atoms with Crippen molar-refractivity contribution >= 4 is 0 Å². The predicted octanol–water partition coefficient (Wildman–Crippen LogP) is 0.354. The lowest BCUT2D eigenvalue weighted by Crippen LogP contribution is -2.38. The molecule has 5 heteroatoms. The molecular weight excluding hydrogens is 218 g/mol. The highest BCUT2D eigenvalue weighted by molar-refractivity contribution is 4.87. The van der Waals surface area contributed by atoms with Crippen LogP contribution in [0.25, 0.3) is 0 Å². The zero-order chi connectivity index (χ0) is 12.1. The average molecular weight is 237 g/mol. The third kappa shape index (κ3) is 3.14. The largest absolute Gasteiger partial charge is 0.383 e. The minimum atomic E-state index is -0.0221. The molecule has 1 aliphatic rings. The van der Waals surface area contributed by atoms with Crippen molar-refractivity contribution in [3.63, 3.8) is 0 Å². The molecule has 0 radical (unpaired) electrons. The third-order valence-corrected chi connectivity index (χ3v) is 3.25. The van der Waals surface area contributed by atoms with Crippen molar-refractivity contribution in [3.05, 3.63) is 28.7 Å². The summed E-state index contributed by atoms with van der Waals surface area (Å²) in [6.07, 6.45) is 3.98. The molecule has 1 aliphatic heterocycles. The van der Waals surface area contributed by atoms with Crippen LogP contribution in [0.3, 0.4) is 0 Å². The van der Waals surface area contributed by atoms with Gasteiger partial charge in [0, 0.05) is 32.0 Å². The summed E-state index contributed by atoms with van der Waals surface area (Å²) in [5.41, 5.74) is -0.0221. The fourth-order valence-corrected chi connectivity index (χ4v) is 2.33. The summed E-state index contributed by atoms with van der Waals surface area (Å²) in [6.45, 7) is 3.45. The van der Waals surface area contributed by atoms with Crippen molar-refractivity contribution in [2.75, 3.05) is 26.8 Å². The van der Waals surface area contributed by atoms with Crippen LogP contribution in [0.2, 0.25) is 0 Å². The minimum absolute atomic E-state index is 0.0221. The lowest BCUT2D eigenvalue weighted by Gasteiger charge is -2.23. The number of likely N-dealkylation sites (tertiary alicyclic amines) is 1. The summed E-state index contributed by atoms with van der Waals surface area (Å²) in [6, 6.07) is 3.65. The first-order chi connectivity index (χ1) is 8.31. The monoisotopic (exact) mass is 237 g/mol. The molecule has 2 rings (SSSR count). The smallest absolute Gasteiger partial charge is 0.266 e. The Kier molecular flexibility index (Phi) is 4.28. The van der Waals surface area contributed by atoms with Gasteiger partial charge in [-0.15, -0.1) is 0 Å². The van der Waals surface area contributed by atoms with Gasteiger partial charge in [-0.05, 0) is 25.5 Å². The molecule has 1 fully saturated rings. The Morgan fingerprint density at radius 1 is 1.59 bits per heavy atom. The number of hydrogen-bond donors (Lipinski definition) is 0. The molecule has 0 bridgehead atoms. The van der Waals surface area contributed by atoms with Crippen molar-refractivity contribution in [2.45, 2.75) is 25.4 Å². The van der Waals surface area contributed by atoms with E-state index in [2.05, 4.69) is 10.00 Å². The van der Waals surface area contributed by atoms with Gasteiger partial charge in [0.05, 0.1) is 13.2 Å². The summed E-state index contributed by atoms with van der Waals surface area (Å²) in [4.78, 5) is 14.0. The Hall–Kier alpha value is -1.20. The fraction of sp³-hybridized carbons (Fsp3) is 0.667. The first-order valence-corrected chi connectivity index (χ1v) is 6.06. The van der Waals surface area contributed by atoms with Crippen LogP contribution in [-0.2, 0) is 11.3 Å². The standard InChI is InChI=1S/C12H19N3O2/c1-17-9-8-14-7-3-4-11(14)10-15-12(16)5-2-6-13-15/h2,5-6,11H,3-4,7-10H2,1H3. The molecule has 0 aliphatic carbocycles. The van der Waals surface area contributed by atoms with Crippen LogP contribution >= 0.6 is 0 Å². The highest BCUT2D eigenvalue weighted by Crippen LogP contribution is 2.17. The molecule has 5 nitrogen and oxygen atoms in total. The third-order valence-electron chi connectivity index (χ3n) is 3.25. The predicted molar refractivity (Wildman–Crippen MR) is 65.0 cm³/mol. The summed E-state index contributed by atoms with van der Waals surface area (Å²) in [7, 11) is 1.72. The van der Waals surface area contributed by atoms with Gasteiger partial charge >= 0.3 is 0 Å². The van der Waals surface area contributed by atoms with E-state index in [1.807, 2.05) is 0 Å². The van der Waals surface area contributed by atoms with Crippen molar-refractivity contribution in [1.29, 1.82) is 0 Å². The molecule has 1 aromatic rings. The van der Waals surface area contributed by atoms with Gasteiger partial charge < -0.3 is 4.74 Å². The normalized spacial score (nSPS) is 20.9. The first-order valence-electron chi connectivity index (χ1n) is 6.06. The number of aromatic nitrogens is 2. The van der Waals surface area contributed by atoms with E-state index in [1.54, 1.807) is 30.1 Å². The van der Waals surface area contributed by atoms with E-state index in [-0.39, 0.29) is 5.56 Å². The molecular formula is C12H19N3O2. The van der Waals surface area contributed by atoms with E-state index >= 15 is 0 Å². The maximum Gasteiger partial charge on any atom is 0.266 e. The summed E-state index contributed by atoms with van der Waals surface area (Å²) in [5.74, 6) is 0. The van der Waals surface area contributed by atoms with Crippen molar-refractivity contribution in [1.82, 2.24) is 14.7 Å². The van der Waals surface area contributed by atoms with E-state index in [9.17, 15) is 4.79 Å². The highest BCUT2D eigenvalue weighted by atomic mass is 16.5. The zero-order valence-corrected chi connectivity index (χ0v) is 10.2. The van der Waals surface area contributed by atoms with Crippen LogP contribution in [0.15, 0.2) is 23.1 Å². The highest BCUT2D eigenvalue weighted by Gasteiger charge is 2.24. The first kappa shape index (κ1) is 12.3. The second-order valence-corrected chi connectivity index (χ2v) is 4.37. The topological polar surface area (TPSA) is 47.4 Å². The second-order valence-electron chi connectivity index (χ2n) is 4.37. The van der Waals surface area contributed by atoms with Gasteiger partial charge in [-0.25, -0.2) is 4.68 Å². The molecule has 94 valence electrons. The number of nitrogens with zero attached hydrogens (tertiary/aromatic N) is 3. The van der Waals surface area contributed by atoms with Gasteiger partial charge in [0.15, 0.2) is 0 Å². The molecule has 2 heterocycles. The van der Waals surface area contributed by atoms with E-state index < -0.39 is 0 Å². The van der Waals surface area contributed by atoms with Gasteiger partial charge in [0.1, 0.15) is 0 Å². The molecule has 0 aromatic carbocycles. The van der Waals surface area contributed by atoms with Crippen LogP contribution in [0.4, 0.5) is 0 Å². The van der Waals surface area contributed by atoms with Crippen LogP contribution in [-0.4, -0.2) is 47.5 Å². The summed E-state index contributed by atoms with van der Waals surface area (Å²) >= 11 is 0. The van der Waals surface area contributed by atoms with E-state index in [4.69, 9.17) is 4.74 Å². The molecule has 1 aromatic heterocycles. The van der Waals surface area contributed by atoms with Crippen LogP contribution < -0.4 is 5.56 Å². The lowest BCUT2D eigenvalue weighted by molar-refractivity contribution is 0.134. The number of hydrogen-bond acceptors (Lipinski definition) is 4. The quantitative estimate of drug-likeness (QED) is 0.741. The zero-order valence-electron chi connectivity index (χ0n) is 10.2. The molecule has 1 atom stereocenters. The van der Waals surface area contributed by atoms with Crippen molar-refractivity contribution in [3.8, 4) is 0 Å². The maximum absolute atomic E-state index is 11.6. The SMILES string of the molecule is COCCN1CCCC1Cn1ncccc1=O. The Morgan fingerprint density at radius 2 is 2.47 bits per heavy atom. The van der Waals surface area contributed by atoms with Crippen LogP contribution in [0.5, 0.6) is 0 Å². The number of ether oxygens (including phenoxy) is 1. The molecule has 17 heavy (non-hydrogen) atoms. The van der Waals surface area contributed by atoms with E-state index in [1.165, 1.54) is 6.42 Å². The van der Waals surface area contributed by atoms with Gasteiger partial charge in [0.2, 0.25) is 0 Å².